The van der Waals surface area contributed by atoms with Crippen molar-refractivity contribution in [2.75, 3.05) is 20.1 Å². The highest BCUT2D eigenvalue weighted by atomic mass is 15.1. The van der Waals surface area contributed by atoms with Crippen LogP contribution in [0.1, 0.15) is 57.8 Å². The molecule has 0 aromatic heterocycles. The minimum Gasteiger partial charge on any atom is -0.330 e. The smallest absolute Gasteiger partial charge is 0.00922 e. The summed E-state index contributed by atoms with van der Waals surface area (Å²) in [4.78, 5) is 2.58. The van der Waals surface area contributed by atoms with Gasteiger partial charge in [0, 0.05) is 6.04 Å². The lowest BCUT2D eigenvalue weighted by Gasteiger charge is -2.23. The molecule has 0 unspecified atom stereocenters. The summed E-state index contributed by atoms with van der Waals surface area (Å²) in [5.41, 5.74) is 5.47. The molecule has 2 N–H and O–H groups in total. The first-order valence-electron chi connectivity index (χ1n) is 6.75. The van der Waals surface area contributed by atoms with E-state index in [1.54, 1.807) is 0 Å². The van der Waals surface area contributed by atoms with Gasteiger partial charge in [-0.05, 0) is 45.8 Å². The van der Waals surface area contributed by atoms with Gasteiger partial charge < -0.3 is 10.6 Å². The topological polar surface area (TPSA) is 29.3 Å². The molecule has 1 aliphatic carbocycles. The molecular weight excluding hydrogens is 184 g/mol. The number of unbranched alkanes of at least 4 members (excludes halogenated alkanes) is 4. The molecule has 0 saturated heterocycles. The molecule has 0 atom stereocenters. The molecule has 0 radical (unpaired) electrons. The fourth-order valence-corrected chi connectivity index (χ4v) is 2.56. The average molecular weight is 212 g/mol. The maximum absolute atomic E-state index is 5.47. The van der Waals surface area contributed by atoms with Gasteiger partial charge in [-0.2, -0.15) is 0 Å². The second-order valence-corrected chi connectivity index (χ2v) is 4.98. The van der Waals surface area contributed by atoms with Gasteiger partial charge in [-0.3, -0.25) is 0 Å². The van der Waals surface area contributed by atoms with Gasteiger partial charge in [0.1, 0.15) is 0 Å². The number of nitrogens with zero attached hydrogens (tertiary/aromatic N) is 1. The van der Waals surface area contributed by atoms with Crippen molar-refractivity contribution >= 4 is 0 Å². The molecule has 0 heterocycles. The van der Waals surface area contributed by atoms with Crippen LogP contribution in [0.4, 0.5) is 0 Å². The van der Waals surface area contributed by atoms with Crippen LogP contribution in [0.2, 0.25) is 0 Å². The highest BCUT2D eigenvalue weighted by molar-refractivity contribution is 4.74. The van der Waals surface area contributed by atoms with Crippen molar-refractivity contribution < 1.29 is 0 Å². The summed E-state index contributed by atoms with van der Waals surface area (Å²) >= 11 is 0. The molecule has 1 saturated carbocycles. The number of hydrogen-bond acceptors (Lipinski definition) is 2. The second kappa shape index (κ2) is 8.12. The summed E-state index contributed by atoms with van der Waals surface area (Å²) in [6.45, 7) is 2.16. The molecule has 0 spiro atoms. The molecule has 0 amide bonds. The molecule has 2 nitrogen and oxygen atoms in total. The number of hydrogen-bond donors (Lipinski definition) is 1. The third kappa shape index (κ3) is 5.53. The Morgan fingerprint density at radius 2 is 1.60 bits per heavy atom. The highest BCUT2D eigenvalue weighted by Crippen LogP contribution is 2.22. The Hall–Kier alpha value is -0.0800. The Kier molecular flexibility index (Phi) is 7.03. The Balaban J connectivity index is 1.90. The molecule has 90 valence electrons. The first kappa shape index (κ1) is 13.0. The van der Waals surface area contributed by atoms with Crippen LogP contribution in [0.3, 0.4) is 0 Å². The SMILES string of the molecule is CN(CCCCCCCN)C1CCCC1. The van der Waals surface area contributed by atoms with Crippen molar-refractivity contribution in [2.24, 2.45) is 5.73 Å². The zero-order valence-corrected chi connectivity index (χ0v) is 10.4. The van der Waals surface area contributed by atoms with Gasteiger partial charge in [0.2, 0.25) is 0 Å². The van der Waals surface area contributed by atoms with Crippen molar-refractivity contribution in [1.29, 1.82) is 0 Å². The van der Waals surface area contributed by atoms with Gasteiger partial charge in [-0.25, -0.2) is 0 Å². The minimum absolute atomic E-state index is 0.863. The van der Waals surface area contributed by atoms with Crippen LogP contribution >= 0.6 is 0 Å². The Bertz CT molecular complexity index is 141. The summed E-state index contributed by atoms with van der Waals surface area (Å²) in [7, 11) is 2.30. The normalized spacial score (nSPS) is 17.8. The van der Waals surface area contributed by atoms with Gasteiger partial charge in [0.25, 0.3) is 0 Å². The van der Waals surface area contributed by atoms with Crippen LogP contribution in [0, 0.1) is 0 Å². The first-order chi connectivity index (χ1) is 7.34. The van der Waals surface area contributed by atoms with E-state index < -0.39 is 0 Å². The third-order valence-electron chi connectivity index (χ3n) is 3.66. The van der Waals surface area contributed by atoms with Crippen LogP contribution in [-0.4, -0.2) is 31.1 Å². The zero-order valence-electron chi connectivity index (χ0n) is 10.4. The maximum Gasteiger partial charge on any atom is 0.00922 e. The lowest BCUT2D eigenvalue weighted by molar-refractivity contribution is 0.240. The molecule has 0 bridgehead atoms. The van der Waals surface area contributed by atoms with Crippen molar-refractivity contribution in [3.05, 3.63) is 0 Å². The standard InChI is InChI=1S/C13H28N2/c1-15(13-9-5-6-10-13)12-8-4-2-3-7-11-14/h13H,2-12,14H2,1H3. The molecule has 0 aromatic carbocycles. The van der Waals surface area contributed by atoms with Crippen molar-refractivity contribution in [2.45, 2.75) is 63.8 Å². The van der Waals surface area contributed by atoms with Crippen molar-refractivity contribution in [1.82, 2.24) is 4.90 Å². The Morgan fingerprint density at radius 3 is 2.27 bits per heavy atom. The Morgan fingerprint density at radius 1 is 1.00 bits per heavy atom. The molecule has 1 fully saturated rings. The van der Waals surface area contributed by atoms with Gasteiger partial charge >= 0.3 is 0 Å². The van der Waals surface area contributed by atoms with E-state index in [1.165, 1.54) is 64.3 Å². The van der Waals surface area contributed by atoms with Crippen molar-refractivity contribution in [3.63, 3.8) is 0 Å². The Labute approximate surface area is 95.2 Å². The van der Waals surface area contributed by atoms with Crippen LogP contribution in [0.5, 0.6) is 0 Å². The fraction of sp³-hybridized carbons (Fsp3) is 1.00. The van der Waals surface area contributed by atoms with Crippen molar-refractivity contribution in [3.8, 4) is 0 Å². The summed E-state index contributed by atoms with van der Waals surface area (Å²) in [6.07, 6.45) is 12.4. The second-order valence-electron chi connectivity index (χ2n) is 4.98. The molecule has 1 rings (SSSR count). The minimum atomic E-state index is 0.863. The largest absolute Gasteiger partial charge is 0.330 e. The number of nitrogens with two attached hydrogens (primary N) is 1. The summed E-state index contributed by atoms with van der Waals surface area (Å²) in [5, 5.41) is 0. The fourth-order valence-electron chi connectivity index (χ4n) is 2.56. The summed E-state index contributed by atoms with van der Waals surface area (Å²) < 4.78 is 0. The first-order valence-corrected chi connectivity index (χ1v) is 6.75. The van der Waals surface area contributed by atoms with Gasteiger partial charge in [-0.1, -0.05) is 32.1 Å². The van der Waals surface area contributed by atoms with Gasteiger partial charge in [0.05, 0.1) is 0 Å². The molecule has 0 aliphatic heterocycles. The van der Waals surface area contributed by atoms with E-state index in [0.717, 1.165) is 12.6 Å². The lowest BCUT2D eigenvalue weighted by atomic mass is 10.1. The maximum atomic E-state index is 5.47. The molecule has 2 heteroatoms. The molecule has 0 aromatic rings. The van der Waals surface area contributed by atoms with E-state index in [0.29, 0.717) is 0 Å². The number of rotatable bonds is 8. The third-order valence-corrected chi connectivity index (χ3v) is 3.66. The van der Waals surface area contributed by atoms with E-state index in [-0.39, 0.29) is 0 Å². The molecule has 15 heavy (non-hydrogen) atoms. The van der Waals surface area contributed by atoms with Crippen LogP contribution in [0.15, 0.2) is 0 Å². The monoisotopic (exact) mass is 212 g/mol. The predicted octanol–water partition coefficient (Wildman–Crippen LogP) is 2.77. The van der Waals surface area contributed by atoms with E-state index in [2.05, 4.69) is 11.9 Å². The highest BCUT2D eigenvalue weighted by Gasteiger charge is 2.18. The predicted molar refractivity (Wildman–Crippen MR) is 67.0 cm³/mol. The van der Waals surface area contributed by atoms with Crippen LogP contribution in [0.25, 0.3) is 0 Å². The van der Waals surface area contributed by atoms with Gasteiger partial charge in [-0.15, -0.1) is 0 Å². The van der Waals surface area contributed by atoms with E-state index in [9.17, 15) is 0 Å². The van der Waals surface area contributed by atoms with Crippen LogP contribution < -0.4 is 5.73 Å². The van der Waals surface area contributed by atoms with Gasteiger partial charge in [0.15, 0.2) is 0 Å². The quantitative estimate of drug-likeness (QED) is 0.627. The lowest BCUT2D eigenvalue weighted by Crippen LogP contribution is -2.29. The van der Waals surface area contributed by atoms with E-state index >= 15 is 0 Å². The van der Waals surface area contributed by atoms with Crippen LogP contribution in [-0.2, 0) is 0 Å². The van der Waals surface area contributed by atoms with E-state index in [1.807, 2.05) is 0 Å². The zero-order chi connectivity index (χ0) is 10.9. The van der Waals surface area contributed by atoms with E-state index in [4.69, 9.17) is 5.73 Å². The molecular formula is C13H28N2. The summed E-state index contributed by atoms with van der Waals surface area (Å²) in [5.74, 6) is 0. The average Bonchev–Trinajstić information content (AvgIpc) is 2.76. The molecule has 1 aliphatic rings. The summed E-state index contributed by atoms with van der Waals surface area (Å²) in [6, 6.07) is 0.897.